The summed E-state index contributed by atoms with van der Waals surface area (Å²) in [6, 6.07) is 8.86. The van der Waals surface area contributed by atoms with Crippen LogP contribution in [0.25, 0.3) is 11.0 Å². The van der Waals surface area contributed by atoms with Crippen molar-refractivity contribution in [3.63, 3.8) is 0 Å². The molecule has 0 fully saturated rings. The molecule has 1 aromatic carbocycles. The zero-order valence-corrected chi connectivity index (χ0v) is 11.9. The van der Waals surface area contributed by atoms with E-state index in [1.807, 2.05) is 30.1 Å². The van der Waals surface area contributed by atoms with Gasteiger partial charge in [-0.3, -0.25) is 0 Å². The third kappa shape index (κ3) is 3.72. The highest BCUT2D eigenvalue weighted by Gasteiger charge is 2.09. The molecule has 5 heteroatoms. The number of para-hydroxylation sites is 1. The first-order chi connectivity index (χ1) is 10.1. The van der Waals surface area contributed by atoms with Gasteiger partial charge in [0.05, 0.1) is 12.3 Å². The number of benzene rings is 1. The fourth-order valence-corrected chi connectivity index (χ4v) is 2.06. The Balaban J connectivity index is 2.09. The lowest BCUT2D eigenvalue weighted by atomic mass is 10.2. The van der Waals surface area contributed by atoms with Crippen molar-refractivity contribution in [2.24, 2.45) is 0 Å². The number of ether oxygens (including phenoxy) is 1. The summed E-state index contributed by atoms with van der Waals surface area (Å²) >= 11 is 0. The zero-order valence-electron chi connectivity index (χ0n) is 11.9. The van der Waals surface area contributed by atoms with Crippen LogP contribution in [0.15, 0.2) is 52.2 Å². The summed E-state index contributed by atoms with van der Waals surface area (Å²) in [5.41, 5.74) is 0.982. The third-order valence-electron chi connectivity index (χ3n) is 3.09. The van der Waals surface area contributed by atoms with Crippen LogP contribution in [0.3, 0.4) is 0 Å². The Morgan fingerprint density at radius 2 is 2.19 bits per heavy atom. The molecule has 0 unspecified atom stereocenters. The lowest BCUT2D eigenvalue weighted by Crippen LogP contribution is -2.21. The Labute approximate surface area is 122 Å². The summed E-state index contributed by atoms with van der Waals surface area (Å²) in [5.74, 6) is -0.427. The molecule has 110 valence electrons. The molecule has 0 aliphatic heterocycles. The molecule has 1 aromatic heterocycles. The molecule has 0 spiro atoms. The molecule has 0 saturated heterocycles. The minimum atomic E-state index is -0.427. The van der Waals surface area contributed by atoms with E-state index in [1.165, 1.54) is 6.07 Å². The second-order valence-electron chi connectivity index (χ2n) is 4.59. The van der Waals surface area contributed by atoms with Gasteiger partial charge >= 0.3 is 11.6 Å². The summed E-state index contributed by atoms with van der Waals surface area (Å²) in [6.07, 6.45) is 1.80. The van der Waals surface area contributed by atoms with Crippen LogP contribution in [0.1, 0.15) is 6.42 Å². The van der Waals surface area contributed by atoms with E-state index in [4.69, 9.17) is 9.15 Å². The summed E-state index contributed by atoms with van der Waals surface area (Å²) in [5, 5.41) is 0.877. The molecule has 2 rings (SSSR count). The van der Waals surface area contributed by atoms with Gasteiger partial charge in [0.1, 0.15) is 5.58 Å². The minimum Gasteiger partial charge on any atom is -0.462 e. The number of hydrogen-bond donors (Lipinski definition) is 0. The fourth-order valence-electron chi connectivity index (χ4n) is 2.06. The molecule has 0 amide bonds. The van der Waals surface area contributed by atoms with Gasteiger partial charge in [-0.1, -0.05) is 18.7 Å². The molecular formula is C16H17NO4. The molecule has 2 aromatic rings. The maximum atomic E-state index is 11.6. The van der Waals surface area contributed by atoms with E-state index in [-0.39, 0.29) is 5.63 Å². The van der Waals surface area contributed by atoms with Crippen LogP contribution in [-0.2, 0) is 9.53 Å². The number of rotatable bonds is 6. The van der Waals surface area contributed by atoms with Gasteiger partial charge in [-0.2, -0.15) is 0 Å². The molecular weight excluding hydrogens is 270 g/mol. The van der Waals surface area contributed by atoms with Crippen molar-refractivity contribution in [3.8, 4) is 0 Å². The molecule has 1 heterocycles. The molecule has 0 radical (unpaired) electrons. The summed E-state index contributed by atoms with van der Waals surface area (Å²) in [6.45, 7) is 4.30. The largest absolute Gasteiger partial charge is 0.462 e. The highest BCUT2D eigenvalue weighted by Crippen LogP contribution is 2.23. The minimum absolute atomic E-state index is 0.314. The first kappa shape index (κ1) is 14.8. The van der Waals surface area contributed by atoms with Gasteiger partial charge in [-0.25, -0.2) is 9.59 Å². The van der Waals surface area contributed by atoms with Gasteiger partial charge in [0.15, 0.2) is 0 Å². The average molecular weight is 287 g/mol. The molecule has 5 nitrogen and oxygen atoms in total. The van der Waals surface area contributed by atoms with Crippen LogP contribution < -0.4 is 10.5 Å². The van der Waals surface area contributed by atoms with Crippen LogP contribution in [0.2, 0.25) is 0 Å². The van der Waals surface area contributed by atoms with E-state index in [2.05, 4.69) is 6.58 Å². The first-order valence-electron chi connectivity index (χ1n) is 6.65. The predicted molar refractivity (Wildman–Crippen MR) is 81.5 cm³/mol. The molecule has 0 saturated carbocycles. The number of fused-ring (bicyclic) bond motifs is 1. The number of anilines is 1. The summed E-state index contributed by atoms with van der Waals surface area (Å²) in [7, 11) is 1.89. The average Bonchev–Trinajstić information content (AvgIpc) is 2.50. The number of hydrogen-bond acceptors (Lipinski definition) is 5. The standard InChI is InChI=1S/C16H17NO4/c1-3-15(18)20-10-6-9-17(2)13-11-16(19)21-14-8-5-4-7-12(13)14/h3-5,7-8,11H,1,6,9-10H2,2H3. The summed E-state index contributed by atoms with van der Waals surface area (Å²) < 4.78 is 10.1. The zero-order chi connectivity index (χ0) is 15.2. The Hall–Kier alpha value is -2.56. The van der Waals surface area contributed by atoms with Crippen LogP contribution >= 0.6 is 0 Å². The van der Waals surface area contributed by atoms with Gasteiger partial charge in [-0.15, -0.1) is 0 Å². The Morgan fingerprint density at radius 1 is 1.43 bits per heavy atom. The van der Waals surface area contributed by atoms with E-state index >= 15 is 0 Å². The van der Waals surface area contributed by atoms with E-state index in [0.29, 0.717) is 25.2 Å². The van der Waals surface area contributed by atoms with Crippen LogP contribution in [0, 0.1) is 0 Å². The van der Waals surface area contributed by atoms with Crippen LogP contribution in [0.4, 0.5) is 5.69 Å². The van der Waals surface area contributed by atoms with Crippen molar-refractivity contribution >= 4 is 22.6 Å². The van der Waals surface area contributed by atoms with Crippen LogP contribution in [0.5, 0.6) is 0 Å². The maximum absolute atomic E-state index is 11.6. The smallest absolute Gasteiger partial charge is 0.338 e. The molecule has 21 heavy (non-hydrogen) atoms. The Kier molecular flexibility index (Phi) is 4.77. The summed E-state index contributed by atoms with van der Waals surface area (Å²) in [4.78, 5) is 24.5. The molecule has 0 aliphatic rings. The van der Waals surface area contributed by atoms with Gasteiger partial charge in [0.2, 0.25) is 0 Å². The number of nitrogens with zero attached hydrogens (tertiary/aromatic N) is 1. The van der Waals surface area contributed by atoms with E-state index in [0.717, 1.165) is 17.1 Å². The highest BCUT2D eigenvalue weighted by atomic mass is 16.5. The predicted octanol–water partition coefficient (Wildman–Crippen LogP) is 2.35. The van der Waals surface area contributed by atoms with E-state index in [1.54, 1.807) is 6.07 Å². The lowest BCUT2D eigenvalue weighted by molar-refractivity contribution is -0.137. The molecule has 0 bridgehead atoms. The first-order valence-corrected chi connectivity index (χ1v) is 6.65. The fraction of sp³-hybridized carbons (Fsp3) is 0.250. The van der Waals surface area contributed by atoms with E-state index < -0.39 is 5.97 Å². The van der Waals surface area contributed by atoms with Crippen molar-refractivity contribution in [1.82, 2.24) is 0 Å². The topological polar surface area (TPSA) is 59.8 Å². The molecule has 0 N–H and O–H groups in total. The Bertz CT molecular complexity index is 705. The molecule has 0 aliphatic carbocycles. The number of carbonyl (C=O) groups excluding carboxylic acids is 1. The quantitative estimate of drug-likeness (QED) is 0.353. The Morgan fingerprint density at radius 3 is 2.95 bits per heavy atom. The van der Waals surface area contributed by atoms with Crippen molar-refractivity contribution in [3.05, 3.63) is 53.4 Å². The van der Waals surface area contributed by atoms with Crippen molar-refractivity contribution in [2.45, 2.75) is 6.42 Å². The highest BCUT2D eigenvalue weighted by molar-refractivity contribution is 5.89. The van der Waals surface area contributed by atoms with Gasteiger partial charge < -0.3 is 14.1 Å². The second kappa shape index (κ2) is 6.74. The molecule has 0 atom stereocenters. The normalized spacial score (nSPS) is 10.3. The van der Waals surface area contributed by atoms with Crippen LogP contribution in [-0.4, -0.2) is 26.2 Å². The van der Waals surface area contributed by atoms with Crippen molar-refractivity contribution in [1.29, 1.82) is 0 Å². The van der Waals surface area contributed by atoms with Crippen molar-refractivity contribution < 1.29 is 13.9 Å². The SMILES string of the molecule is C=CC(=O)OCCCN(C)c1cc(=O)oc2ccccc12. The monoisotopic (exact) mass is 287 g/mol. The van der Waals surface area contributed by atoms with Gasteiger partial charge in [-0.05, 0) is 18.6 Å². The number of carbonyl (C=O) groups is 1. The van der Waals surface area contributed by atoms with Gasteiger partial charge in [0.25, 0.3) is 0 Å². The van der Waals surface area contributed by atoms with E-state index in [9.17, 15) is 9.59 Å². The third-order valence-corrected chi connectivity index (χ3v) is 3.09. The van der Waals surface area contributed by atoms with Gasteiger partial charge in [0, 0.05) is 31.1 Å². The lowest BCUT2D eigenvalue weighted by Gasteiger charge is -2.20. The second-order valence-corrected chi connectivity index (χ2v) is 4.59. The maximum Gasteiger partial charge on any atom is 0.338 e. The van der Waals surface area contributed by atoms with Crippen molar-refractivity contribution in [2.75, 3.05) is 25.1 Å². The number of esters is 1.